The molecule has 0 radical (unpaired) electrons. The first-order valence-electron chi connectivity index (χ1n) is 18.3. The van der Waals surface area contributed by atoms with Crippen LogP contribution >= 0.6 is 0 Å². The van der Waals surface area contributed by atoms with Crippen LogP contribution in [-0.2, 0) is 22.4 Å². The molecular weight excluding hydrogens is 664 g/mol. The molecule has 0 amide bonds. The van der Waals surface area contributed by atoms with Crippen molar-refractivity contribution in [3.63, 3.8) is 0 Å². The quantitative estimate of drug-likeness (QED) is 0.0873. The van der Waals surface area contributed by atoms with Crippen molar-refractivity contribution >= 4 is 17.7 Å². The minimum absolute atomic E-state index is 0. The van der Waals surface area contributed by atoms with Gasteiger partial charge in [0, 0.05) is 0 Å². The topological polar surface area (TPSA) is 88.1 Å². The van der Waals surface area contributed by atoms with E-state index in [1.54, 1.807) is 13.0 Å². The SMILES string of the molecule is C.C.C.C.CCCc1ccc(OC(=O)C2CCC(COc3ccc(OCC4CCC(C(=O)Oc5ccc(CCC)cc5)CC4)c(C(C)=O)c3)CC2)cc1. The average Bonchev–Trinajstić information content (AvgIpc) is 3.12. The Morgan fingerprint density at radius 2 is 0.943 bits per heavy atom. The summed E-state index contributed by atoms with van der Waals surface area (Å²) in [5, 5.41) is 0. The smallest absolute Gasteiger partial charge is 0.314 e. The van der Waals surface area contributed by atoms with Crippen LogP contribution in [0.2, 0.25) is 0 Å². The molecule has 0 saturated heterocycles. The Morgan fingerprint density at radius 1 is 0.547 bits per heavy atom. The Balaban J connectivity index is 0.00000351. The zero-order chi connectivity index (χ0) is 34.6. The van der Waals surface area contributed by atoms with E-state index in [0.717, 1.165) is 77.0 Å². The summed E-state index contributed by atoms with van der Waals surface area (Å²) >= 11 is 0. The number of carbonyl (C=O) groups is 3. The number of hydrogen-bond donors (Lipinski definition) is 0. The third-order valence-corrected chi connectivity index (χ3v) is 10.0. The molecule has 0 atom stereocenters. The largest absolute Gasteiger partial charge is 0.493 e. The average molecular weight is 733 g/mol. The van der Waals surface area contributed by atoms with E-state index in [0.29, 0.717) is 53.6 Å². The molecule has 3 aromatic rings. The monoisotopic (exact) mass is 732 g/mol. The van der Waals surface area contributed by atoms with Gasteiger partial charge in [-0.15, -0.1) is 0 Å². The van der Waals surface area contributed by atoms with Gasteiger partial charge in [0.15, 0.2) is 5.78 Å². The first-order valence-corrected chi connectivity index (χ1v) is 18.3. The molecule has 294 valence electrons. The summed E-state index contributed by atoms with van der Waals surface area (Å²) in [6, 6.07) is 21.1. The van der Waals surface area contributed by atoms with Gasteiger partial charge in [-0.2, -0.15) is 0 Å². The van der Waals surface area contributed by atoms with Gasteiger partial charge in [-0.3, -0.25) is 14.4 Å². The van der Waals surface area contributed by atoms with Gasteiger partial charge in [-0.25, -0.2) is 0 Å². The lowest BCUT2D eigenvalue weighted by molar-refractivity contribution is -0.141. The molecule has 53 heavy (non-hydrogen) atoms. The number of benzene rings is 3. The van der Waals surface area contributed by atoms with Crippen molar-refractivity contribution in [2.75, 3.05) is 13.2 Å². The highest BCUT2D eigenvalue weighted by molar-refractivity contribution is 5.97. The highest BCUT2D eigenvalue weighted by Gasteiger charge is 2.30. The van der Waals surface area contributed by atoms with Crippen LogP contribution in [0.3, 0.4) is 0 Å². The first kappa shape index (κ1) is 46.9. The number of rotatable bonds is 15. The minimum Gasteiger partial charge on any atom is -0.493 e. The lowest BCUT2D eigenvalue weighted by Gasteiger charge is -2.28. The molecule has 0 N–H and O–H groups in total. The Labute approximate surface area is 321 Å². The maximum atomic E-state index is 12.8. The standard InChI is InChI=1S/C42H52O7.4CH4/c1-4-6-30-12-20-36(21-13-30)48-41(44)34-16-8-32(9-17-34)27-46-38-24-25-40(39(26-38)29(3)43)47-28-33-10-18-35(19-11-33)42(45)49-37-22-14-31(7-5-2)15-23-37;;;;/h12-15,20-26,32-35H,4-11,16-19,27-28H2,1-3H3;4*1H4. The summed E-state index contributed by atoms with van der Waals surface area (Å²) in [5.74, 6) is 2.49. The molecule has 0 heterocycles. The molecule has 2 aliphatic rings. The highest BCUT2D eigenvalue weighted by atomic mass is 16.5. The second-order valence-corrected chi connectivity index (χ2v) is 13.9. The predicted molar refractivity (Wildman–Crippen MR) is 217 cm³/mol. The zero-order valence-electron chi connectivity index (χ0n) is 29.4. The molecule has 0 spiro atoms. The van der Waals surface area contributed by atoms with Crippen molar-refractivity contribution < 1.29 is 33.3 Å². The van der Waals surface area contributed by atoms with Crippen molar-refractivity contribution in [3.8, 4) is 23.0 Å². The van der Waals surface area contributed by atoms with Gasteiger partial charge in [0.25, 0.3) is 0 Å². The lowest BCUT2D eigenvalue weighted by Crippen LogP contribution is -2.28. The van der Waals surface area contributed by atoms with Crippen molar-refractivity contribution in [3.05, 3.63) is 83.4 Å². The van der Waals surface area contributed by atoms with Crippen LogP contribution in [0.25, 0.3) is 0 Å². The van der Waals surface area contributed by atoms with Gasteiger partial charge in [-0.1, -0.05) is 80.7 Å². The molecule has 7 heteroatoms. The van der Waals surface area contributed by atoms with Gasteiger partial charge in [0.05, 0.1) is 30.6 Å². The number of aryl methyl sites for hydroxylation is 2. The van der Waals surface area contributed by atoms with Crippen LogP contribution in [0.1, 0.15) is 136 Å². The number of esters is 2. The molecule has 0 aliphatic heterocycles. The van der Waals surface area contributed by atoms with Crippen molar-refractivity contribution in [2.45, 2.75) is 128 Å². The summed E-state index contributed by atoms with van der Waals surface area (Å²) in [5.41, 5.74) is 3.01. The second kappa shape index (κ2) is 23.5. The highest BCUT2D eigenvalue weighted by Crippen LogP contribution is 2.34. The van der Waals surface area contributed by atoms with Crippen LogP contribution in [0, 0.1) is 23.7 Å². The van der Waals surface area contributed by atoms with E-state index >= 15 is 0 Å². The normalized spacial score (nSPS) is 19.1. The van der Waals surface area contributed by atoms with E-state index in [-0.39, 0.29) is 59.3 Å². The number of hydrogen-bond acceptors (Lipinski definition) is 7. The number of ether oxygens (including phenoxy) is 4. The number of carbonyl (C=O) groups excluding carboxylic acids is 3. The first-order chi connectivity index (χ1) is 23.8. The van der Waals surface area contributed by atoms with Gasteiger partial charge in [-0.05, 0) is 137 Å². The number of Topliss-reactive ketones (excluding diaryl/α,β-unsaturated/α-hetero) is 1. The maximum absolute atomic E-state index is 12.8. The fourth-order valence-corrected chi connectivity index (χ4v) is 6.98. The van der Waals surface area contributed by atoms with Crippen LogP contribution in [0.15, 0.2) is 66.7 Å². The van der Waals surface area contributed by atoms with E-state index in [9.17, 15) is 14.4 Å². The molecular formula is C46H68O7. The van der Waals surface area contributed by atoms with Gasteiger partial charge < -0.3 is 18.9 Å². The van der Waals surface area contributed by atoms with Gasteiger partial charge >= 0.3 is 11.9 Å². The fourth-order valence-electron chi connectivity index (χ4n) is 6.98. The van der Waals surface area contributed by atoms with E-state index in [1.165, 1.54) is 11.1 Å². The van der Waals surface area contributed by atoms with E-state index in [4.69, 9.17) is 18.9 Å². The summed E-state index contributed by atoms with van der Waals surface area (Å²) in [4.78, 5) is 38.1. The maximum Gasteiger partial charge on any atom is 0.314 e. The molecule has 3 aromatic carbocycles. The molecule has 2 saturated carbocycles. The fraction of sp³-hybridized carbons (Fsp3) is 0.543. The van der Waals surface area contributed by atoms with Crippen LogP contribution in [0.5, 0.6) is 23.0 Å². The number of ketones is 1. The summed E-state index contributed by atoms with van der Waals surface area (Å²) < 4.78 is 23.6. The zero-order valence-corrected chi connectivity index (χ0v) is 29.4. The van der Waals surface area contributed by atoms with Crippen LogP contribution in [-0.4, -0.2) is 30.9 Å². The van der Waals surface area contributed by atoms with E-state index < -0.39 is 0 Å². The van der Waals surface area contributed by atoms with Crippen molar-refractivity contribution in [2.24, 2.45) is 23.7 Å². The van der Waals surface area contributed by atoms with E-state index in [1.807, 2.05) is 60.7 Å². The molecule has 7 nitrogen and oxygen atoms in total. The third-order valence-electron chi connectivity index (χ3n) is 10.0. The van der Waals surface area contributed by atoms with E-state index in [2.05, 4.69) is 13.8 Å². The molecule has 5 rings (SSSR count). The summed E-state index contributed by atoms with van der Waals surface area (Å²) in [6.45, 7) is 6.87. The van der Waals surface area contributed by atoms with Crippen LogP contribution in [0.4, 0.5) is 0 Å². The second-order valence-electron chi connectivity index (χ2n) is 13.9. The van der Waals surface area contributed by atoms with Crippen LogP contribution < -0.4 is 18.9 Å². The Hall–Kier alpha value is -4.13. The minimum atomic E-state index is -0.156. The molecule has 0 unspecified atom stereocenters. The van der Waals surface area contributed by atoms with Crippen molar-refractivity contribution in [1.29, 1.82) is 0 Å². The molecule has 0 aromatic heterocycles. The lowest BCUT2D eigenvalue weighted by atomic mass is 9.82. The summed E-state index contributed by atoms with van der Waals surface area (Å²) in [7, 11) is 0. The Kier molecular flexibility index (Phi) is 20.8. The molecule has 0 bridgehead atoms. The summed E-state index contributed by atoms with van der Waals surface area (Å²) in [6.07, 6.45) is 10.8. The van der Waals surface area contributed by atoms with Gasteiger partial charge in [0.2, 0.25) is 0 Å². The molecule has 2 aliphatic carbocycles. The Bertz CT molecular complexity index is 1510. The third kappa shape index (κ3) is 14.0. The molecule has 2 fully saturated rings. The van der Waals surface area contributed by atoms with Gasteiger partial charge in [0.1, 0.15) is 23.0 Å². The predicted octanol–water partition coefficient (Wildman–Crippen LogP) is 11.9. The van der Waals surface area contributed by atoms with Crippen molar-refractivity contribution in [1.82, 2.24) is 0 Å². The Morgan fingerprint density at radius 3 is 1.34 bits per heavy atom.